The van der Waals surface area contributed by atoms with E-state index in [1.54, 1.807) is 11.3 Å². The number of nitrogens with zero attached hydrogens (tertiary/aromatic N) is 1. The minimum atomic E-state index is -3.72. The lowest BCUT2D eigenvalue weighted by molar-refractivity contribution is -0.642. The average Bonchev–Trinajstić information content (AvgIpc) is 3.17. The fourth-order valence-electron chi connectivity index (χ4n) is 2.73. The molecule has 28 heavy (non-hydrogen) atoms. The first-order valence-electron chi connectivity index (χ1n) is 8.16. The predicted molar refractivity (Wildman–Crippen MR) is 102 cm³/mol. The van der Waals surface area contributed by atoms with Crippen LogP contribution in [0.4, 0.5) is 0 Å². The monoisotopic (exact) mass is 425 g/mol. The van der Waals surface area contributed by atoms with E-state index < -0.39 is 10.1 Å². The minimum Gasteiger partial charge on any atom is -0.707 e. The van der Waals surface area contributed by atoms with E-state index in [0.717, 1.165) is 34.1 Å². The molecule has 1 aromatic heterocycles. The van der Waals surface area contributed by atoms with Gasteiger partial charge in [-0.3, -0.25) is 0 Å². The molecule has 0 N–H and O–H groups in total. The number of fused-ring (bicyclic) bond motifs is 2. The Hall–Kier alpha value is -2.40. The van der Waals surface area contributed by atoms with Gasteiger partial charge in [0.05, 0.1) is 12.3 Å². The van der Waals surface area contributed by atoms with E-state index >= 15 is 0 Å². The molecule has 2 aromatic rings. The number of aryl methyl sites for hydroxylation is 1. The SMILES string of the molecule is CC1=CC(=Cc2sc3cc4c(cc3[n+]2C)OCO4)C=C(C)O1.CS(=O)(=O)O[O-]. The third-order valence-electron chi connectivity index (χ3n) is 3.84. The van der Waals surface area contributed by atoms with E-state index in [4.69, 9.17) is 19.5 Å². The highest BCUT2D eigenvalue weighted by Crippen LogP contribution is 2.37. The van der Waals surface area contributed by atoms with Gasteiger partial charge in [0.25, 0.3) is 15.1 Å². The third-order valence-corrected chi connectivity index (χ3v) is 5.23. The third kappa shape index (κ3) is 4.71. The van der Waals surface area contributed by atoms with Crippen molar-refractivity contribution in [1.82, 2.24) is 0 Å². The molecule has 4 rings (SSSR count). The molecule has 150 valence electrons. The maximum atomic E-state index is 9.47. The highest BCUT2D eigenvalue weighted by Gasteiger charge is 2.22. The number of aromatic nitrogens is 1. The first-order valence-corrected chi connectivity index (χ1v) is 10.8. The molecule has 0 amide bonds. The van der Waals surface area contributed by atoms with Gasteiger partial charge in [-0.15, -0.1) is 0 Å². The Morgan fingerprint density at radius 1 is 1.18 bits per heavy atom. The molecule has 0 aliphatic carbocycles. The van der Waals surface area contributed by atoms with Crippen LogP contribution in [0.3, 0.4) is 0 Å². The van der Waals surface area contributed by atoms with Crippen molar-refractivity contribution >= 4 is 37.7 Å². The molecular weight excluding hydrogens is 406 g/mol. The van der Waals surface area contributed by atoms with Crippen molar-refractivity contribution in [3.63, 3.8) is 0 Å². The molecule has 8 nitrogen and oxygen atoms in total. The molecule has 3 heterocycles. The summed E-state index contributed by atoms with van der Waals surface area (Å²) in [6.45, 7) is 4.24. The fourth-order valence-corrected chi connectivity index (χ4v) is 3.85. The normalized spacial score (nSPS) is 15.4. The summed E-state index contributed by atoms with van der Waals surface area (Å²) in [6, 6.07) is 4.10. The first-order chi connectivity index (χ1) is 13.2. The zero-order valence-electron chi connectivity index (χ0n) is 15.7. The molecule has 0 fully saturated rings. The van der Waals surface area contributed by atoms with Crippen molar-refractivity contribution in [2.75, 3.05) is 13.0 Å². The Kier molecular flexibility index (Phi) is 5.75. The van der Waals surface area contributed by atoms with Crippen LogP contribution in [-0.2, 0) is 26.2 Å². The van der Waals surface area contributed by atoms with Crippen LogP contribution >= 0.6 is 11.3 Å². The number of hydrogen-bond donors (Lipinski definition) is 0. The molecule has 0 unspecified atom stereocenters. The van der Waals surface area contributed by atoms with Crippen molar-refractivity contribution in [3.8, 4) is 11.5 Å². The van der Waals surface area contributed by atoms with Crippen LogP contribution in [0.1, 0.15) is 18.9 Å². The Morgan fingerprint density at radius 2 is 1.75 bits per heavy atom. The van der Waals surface area contributed by atoms with Gasteiger partial charge < -0.3 is 23.8 Å². The summed E-state index contributed by atoms with van der Waals surface area (Å²) in [4.78, 5) is 0. The summed E-state index contributed by atoms with van der Waals surface area (Å²) < 4.78 is 41.4. The van der Waals surface area contributed by atoms with Crippen molar-refractivity contribution in [3.05, 3.63) is 46.4 Å². The minimum absolute atomic E-state index is 0.307. The van der Waals surface area contributed by atoms with Crippen LogP contribution in [0, 0.1) is 0 Å². The highest BCUT2D eigenvalue weighted by molar-refractivity contribution is 7.85. The molecule has 2 aliphatic rings. The predicted octanol–water partition coefficient (Wildman–Crippen LogP) is 1.91. The lowest BCUT2D eigenvalue weighted by Crippen LogP contribution is -2.29. The lowest BCUT2D eigenvalue weighted by Gasteiger charge is -2.11. The van der Waals surface area contributed by atoms with E-state index in [-0.39, 0.29) is 0 Å². The molecule has 10 heteroatoms. The Labute approximate surface area is 166 Å². The van der Waals surface area contributed by atoms with Crippen LogP contribution in [0.15, 0.2) is 41.4 Å². The van der Waals surface area contributed by atoms with Crippen LogP contribution < -0.4 is 19.3 Å². The van der Waals surface area contributed by atoms with Crippen molar-refractivity contribution in [2.45, 2.75) is 13.8 Å². The van der Waals surface area contributed by atoms with Gasteiger partial charge in [0, 0.05) is 12.1 Å². The highest BCUT2D eigenvalue weighted by atomic mass is 32.2. The molecule has 0 radical (unpaired) electrons. The van der Waals surface area contributed by atoms with Gasteiger partial charge in [-0.25, -0.2) is 8.42 Å². The quantitative estimate of drug-likeness (QED) is 0.412. The zero-order valence-corrected chi connectivity index (χ0v) is 17.3. The van der Waals surface area contributed by atoms with Gasteiger partial charge in [0.2, 0.25) is 12.3 Å². The van der Waals surface area contributed by atoms with Gasteiger partial charge in [-0.05, 0) is 31.6 Å². The number of rotatable bonds is 2. The van der Waals surface area contributed by atoms with E-state index in [0.29, 0.717) is 13.0 Å². The number of ether oxygens (including phenoxy) is 3. The summed E-state index contributed by atoms with van der Waals surface area (Å²) >= 11 is 1.74. The number of thiazole rings is 1. The maximum Gasteiger partial charge on any atom is 0.263 e. The van der Waals surface area contributed by atoms with Gasteiger partial charge in [-0.2, -0.15) is 4.57 Å². The molecular formula is C18H19NO7S2. The molecule has 0 bridgehead atoms. The second kappa shape index (κ2) is 7.92. The summed E-state index contributed by atoms with van der Waals surface area (Å²) in [5.41, 5.74) is 2.29. The standard InChI is InChI=1S/C17H16NO3S.CH4O4S/c1-10-4-12(5-11(2)21-10)6-17-18(3)13-7-14-15(20-9-19-14)8-16(13)22-17;1-6(3,4)5-2/h4-8H,9H2,1-3H3;2H,1H3/q+1;/p-1. The zero-order chi connectivity index (χ0) is 20.5. The summed E-state index contributed by atoms with van der Waals surface area (Å²) in [5, 5.41) is 10.0. The molecule has 0 spiro atoms. The Bertz CT molecular complexity index is 1090. The Morgan fingerprint density at radius 3 is 2.32 bits per heavy atom. The number of allylic oxidation sites excluding steroid dienone is 5. The fraction of sp³-hybridized carbons (Fsp3) is 0.278. The van der Waals surface area contributed by atoms with Gasteiger partial charge in [-0.1, -0.05) is 11.3 Å². The van der Waals surface area contributed by atoms with Crippen LogP contribution in [0.25, 0.3) is 16.3 Å². The average molecular weight is 425 g/mol. The molecule has 0 saturated carbocycles. The van der Waals surface area contributed by atoms with Crippen LogP contribution in [0.2, 0.25) is 0 Å². The molecule has 2 aliphatic heterocycles. The second-order valence-corrected chi connectivity index (χ2v) is 8.81. The maximum absolute atomic E-state index is 9.47. The van der Waals surface area contributed by atoms with E-state index in [9.17, 15) is 8.42 Å². The van der Waals surface area contributed by atoms with Gasteiger partial charge in [0.15, 0.2) is 11.5 Å². The van der Waals surface area contributed by atoms with Crippen LogP contribution in [0.5, 0.6) is 11.5 Å². The molecule has 1 aromatic carbocycles. The van der Waals surface area contributed by atoms with Crippen molar-refractivity contribution < 1.29 is 36.8 Å². The van der Waals surface area contributed by atoms with Crippen molar-refractivity contribution in [1.29, 1.82) is 0 Å². The molecule has 0 saturated heterocycles. The lowest BCUT2D eigenvalue weighted by atomic mass is 10.1. The summed E-state index contributed by atoms with van der Waals surface area (Å²) in [7, 11) is -1.65. The summed E-state index contributed by atoms with van der Waals surface area (Å²) in [6.07, 6.45) is 6.94. The smallest absolute Gasteiger partial charge is 0.263 e. The second-order valence-electron chi connectivity index (χ2n) is 6.20. The van der Waals surface area contributed by atoms with Gasteiger partial charge >= 0.3 is 0 Å². The molecule has 0 atom stereocenters. The number of benzene rings is 1. The number of hydrogen-bond acceptors (Lipinski definition) is 8. The van der Waals surface area contributed by atoms with E-state index in [1.165, 1.54) is 9.71 Å². The van der Waals surface area contributed by atoms with Crippen molar-refractivity contribution in [2.24, 2.45) is 7.05 Å². The Balaban J connectivity index is 0.000000330. The van der Waals surface area contributed by atoms with E-state index in [2.05, 4.69) is 28.1 Å². The topological polar surface area (TPSA) is 98.0 Å². The van der Waals surface area contributed by atoms with E-state index in [1.807, 2.05) is 32.1 Å². The summed E-state index contributed by atoms with van der Waals surface area (Å²) in [5.74, 6) is 3.47. The van der Waals surface area contributed by atoms with Gasteiger partial charge in [0.1, 0.15) is 23.3 Å². The first kappa shape index (κ1) is 20.3. The van der Waals surface area contributed by atoms with Crippen LogP contribution in [-0.4, -0.2) is 21.5 Å². The largest absolute Gasteiger partial charge is 0.707 e.